The van der Waals surface area contributed by atoms with Crippen LogP contribution >= 0.6 is 0 Å². The van der Waals surface area contributed by atoms with E-state index in [9.17, 15) is 18.0 Å². The predicted molar refractivity (Wildman–Crippen MR) is 142 cm³/mol. The van der Waals surface area contributed by atoms with Crippen LogP contribution in [0.1, 0.15) is 65.7 Å². The summed E-state index contributed by atoms with van der Waals surface area (Å²) in [5.74, 6) is 0.431. The van der Waals surface area contributed by atoms with E-state index in [-0.39, 0.29) is 34.9 Å². The second-order valence-electron chi connectivity index (χ2n) is 9.38. The minimum atomic E-state index is -3.26. The fourth-order valence-corrected chi connectivity index (χ4v) is 5.02. The fraction of sp³-hybridized carbons (Fsp3) is 0.310. The van der Waals surface area contributed by atoms with Crippen molar-refractivity contribution >= 4 is 27.3 Å². The normalized spacial score (nSPS) is 14.2. The summed E-state index contributed by atoms with van der Waals surface area (Å²) < 4.78 is 23.9. The van der Waals surface area contributed by atoms with E-state index in [0.717, 1.165) is 11.1 Å². The Bertz CT molecular complexity index is 1330. The topological polar surface area (TPSA) is 83.5 Å². The minimum Gasteiger partial charge on any atom is -0.335 e. The molecular weight excluding hydrogens is 472 g/mol. The Kier molecular flexibility index (Phi) is 7.59. The molecular formula is C29H32N2O4S. The van der Waals surface area contributed by atoms with E-state index < -0.39 is 9.84 Å². The lowest BCUT2D eigenvalue weighted by Crippen LogP contribution is -2.29. The van der Waals surface area contributed by atoms with Crippen LogP contribution in [0.25, 0.3) is 0 Å². The van der Waals surface area contributed by atoms with Crippen LogP contribution in [-0.4, -0.2) is 37.9 Å². The molecule has 1 atom stereocenters. The van der Waals surface area contributed by atoms with Gasteiger partial charge in [0.05, 0.1) is 23.1 Å². The molecule has 1 aliphatic rings. The second-order valence-corrected chi connectivity index (χ2v) is 11.7. The maximum absolute atomic E-state index is 13.0. The summed E-state index contributed by atoms with van der Waals surface area (Å²) >= 11 is 0. The number of nitrogens with zero attached hydrogens (tertiary/aromatic N) is 1. The molecule has 6 nitrogen and oxygen atoms in total. The van der Waals surface area contributed by atoms with Crippen LogP contribution < -0.4 is 5.32 Å². The van der Waals surface area contributed by atoms with Gasteiger partial charge in [-0.1, -0.05) is 43.3 Å². The van der Waals surface area contributed by atoms with Crippen LogP contribution in [0.5, 0.6) is 0 Å². The number of anilines is 1. The molecule has 1 saturated carbocycles. The van der Waals surface area contributed by atoms with Crippen molar-refractivity contribution in [1.29, 1.82) is 0 Å². The van der Waals surface area contributed by atoms with Crippen LogP contribution in [0.3, 0.4) is 0 Å². The van der Waals surface area contributed by atoms with Crippen molar-refractivity contribution in [1.82, 2.24) is 4.90 Å². The van der Waals surface area contributed by atoms with Crippen LogP contribution in [0, 0.1) is 0 Å². The van der Waals surface area contributed by atoms with Crippen molar-refractivity contribution in [2.45, 2.75) is 50.0 Å². The maximum atomic E-state index is 13.0. The summed E-state index contributed by atoms with van der Waals surface area (Å²) in [4.78, 5) is 27.5. The Balaban J connectivity index is 1.33. The lowest BCUT2D eigenvalue weighted by atomic mass is 10.0. The Hall–Kier alpha value is -3.45. The molecule has 36 heavy (non-hydrogen) atoms. The number of carbonyl (C=O) groups is 2. The Morgan fingerprint density at radius 2 is 1.56 bits per heavy atom. The Morgan fingerprint density at radius 1 is 0.944 bits per heavy atom. The van der Waals surface area contributed by atoms with E-state index in [1.54, 1.807) is 55.3 Å². The number of carbonyl (C=O) groups excluding carboxylic acids is 2. The molecule has 1 aliphatic carbocycles. The van der Waals surface area contributed by atoms with Gasteiger partial charge in [-0.3, -0.25) is 9.59 Å². The molecule has 0 aromatic heterocycles. The molecule has 0 bridgehead atoms. The molecule has 1 N–H and O–H groups in total. The van der Waals surface area contributed by atoms with E-state index in [2.05, 4.69) is 29.6 Å². The zero-order valence-electron chi connectivity index (χ0n) is 20.9. The average molecular weight is 505 g/mol. The third-order valence-corrected chi connectivity index (χ3v) is 8.56. The minimum absolute atomic E-state index is 0.0352. The molecule has 188 valence electrons. The highest BCUT2D eigenvalue weighted by Gasteiger charge is 2.24. The van der Waals surface area contributed by atoms with Gasteiger partial charge >= 0.3 is 0 Å². The van der Waals surface area contributed by atoms with E-state index in [1.807, 2.05) is 6.92 Å². The fourth-order valence-electron chi connectivity index (χ4n) is 4.13. The van der Waals surface area contributed by atoms with E-state index in [4.69, 9.17) is 0 Å². The lowest BCUT2D eigenvalue weighted by Gasteiger charge is -2.25. The van der Waals surface area contributed by atoms with Gasteiger partial charge < -0.3 is 10.2 Å². The lowest BCUT2D eigenvalue weighted by molar-refractivity contribution is -0.115. The van der Waals surface area contributed by atoms with Crippen LogP contribution in [0.4, 0.5) is 5.69 Å². The molecule has 0 saturated heterocycles. The molecule has 1 fully saturated rings. The molecule has 4 rings (SSSR count). The first kappa shape index (κ1) is 25.6. The number of nitrogens with one attached hydrogen (secondary N) is 1. The maximum Gasteiger partial charge on any atom is 0.254 e. The summed E-state index contributed by atoms with van der Waals surface area (Å²) in [5, 5.41) is 2.83. The number of rotatable bonds is 9. The van der Waals surface area contributed by atoms with Crippen molar-refractivity contribution < 1.29 is 18.0 Å². The molecule has 7 heteroatoms. The van der Waals surface area contributed by atoms with Gasteiger partial charge in [-0.05, 0) is 78.8 Å². The van der Waals surface area contributed by atoms with Gasteiger partial charge in [0.15, 0.2) is 9.84 Å². The first-order chi connectivity index (χ1) is 17.2. The van der Waals surface area contributed by atoms with Crippen molar-refractivity contribution in [3.05, 3.63) is 95.1 Å². The highest BCUT2D eigenvalue weighted by Crippen LogP contribution is 2.40. The first-order valence-corrected chi connectivity index (χ1v) is 13.9. The number of amides is 2. The van der Waals surface area contributed by atoms with Gasteiger partial charge in [0.25, 0.3) is 5.91 Å². The summed E-state index contributed by atoms with van der Waals surface area (Å²) in [6.45, 7) is 3.62. The van der Waals surface area contributed by atoms with Gasteiger partial charge in [-0.2, -0.15) is 0 Å². The first-order valence-electron chi connectivity index (χ1n) is 12.3. The zero-order valence-corrected chi connectivity index (χ0v) is 21.7. The number of hydrogen-bond acceptors (Lipinski definition) is 4. The van der Waals surface area contributed by atoms with Gasteiger partial charge in [-0.15, -0.1) is 0 Å². The quantitative estimate of drug-likeness (QED) is 0.425. The summed E-state index contributed by atoms with van der Waals surface area (Å²) in [6, 6.07) is 21.7. The Labute approximate surface area is 213 Å². The van der Waals surface area contributed by atoms with E-state index >= 15 is 0 Å². The van der Waals surface area contributed by atoms with E-state index in [0.29, 0.717) is 17.2 Å². The standard InChI is InChI=1S/C29H32N2O4S/c1-4-36(34,35)27-17-5-21(6-18-27)19-28(32)30-26-15-13-25(14-16-26)29(33)31(3)20(2)22-7-9-23(10-8-22)24-11-12-24/h5-10,13-18,20,24H,4,11-12,19H2,1-3H3,(H,30,32)/t20-/m1/s1. The molecule has 0 unspecified atom stereocenters. The number of sulfone groups is 1. The van der Waals surface area contributed by atoms with Crippen LogP contribution in [0.15, 0.2) is 77.7 Å². The van der Waals surface area contributed by atoms with Crippen LogP contribution in [-0.2, 0) is 21.1 Å². The average Bonchev–Trinajstić information content (AvgIpc) is 3.74. The summed E-state index contributed by atoms with van der Waals surface area (Å²) in [5.41, 5.74) is 4.33. The summed E-state index contributed by atoms with van der Waals surface area (Å²) in [7, 11) is -1.46. The Morgan fingerprint density at radius 3 is 2.11 bits per heavy atom. The molecule has 0 aliphatic heterocycles. The predicted octanol–water partition coefficient (Wildman–Crippen LogP) is 5.37. The van der Waals surface area contributed by atoms with Crippen molar-refractivity contribution in [3.63, 3.8) is 0 Å². The molecule has 3 aromatic carbocycles. The number of benzene rings is 3. The highest BCUT2D eigenvalue weighted by molar-refractivity contribution is 7.91. The smallest absolute Gasteiger partial charge is 0.254 e. The third-order valence-electron chi connectivity index (χ3n) is 6.81. The largest absolute Gasteiger partial charge is 0.335 e. The van der Waals surface area contributed by atoms with Gasteiger partial charge in [0.2, 0.25) is 5.91 Å². The van der Waals surface area contributed by atoms with E-state index in [1.165, 1.54) is 30.5 Å². The zero-order chi connectivity index (χ0) is 25.9. The number of hydrogen-bond donors (Lipinski definition) is 1. The van der Waals surface area contributed by atoms with Crippen molar-refractivity contribution in [3.8, 4) is 0 Å². The monoisotopic (exact) mass is 504 g/mol. The molecule has 0 radical (unpaired) electrons. The molecule has 3 aromatic rings. The van der Waals surface area contributed by atoms with Crippen molar-refractivity contribution in [2.75, 3.05) is 18.1 Å². The molecule has 0 heterocycles. The third kappa shape index (κ3) is 6.02. The SMILES string of the molecule is CCS(=O)(=O)c1ccc(CC(=O)Nc2ccc(C(=O)N(C)[C@H](C)c3ccc(C4CC4)cc3)cc2)cc1. The van der Waals surface area contributed by atoms with Crippen LogP contribution in [0.2, 0.25) is 0 Å². The second kappa shape index (κ2) is 10.7. The summed E-state index contributed by atoms with van der Waals surface area (Å²) in [6.07, 6.45) is 2.65. The van der Waals surface area contributed by atoms with Gasteiger partial charge in [0, 0.05) is 18.3 Å². The van der Waals surface area contributed by atoms with Gasteiger partial charge in [-0.25, -0.2) is 8.42 Å². The van der Waals surface area contributed by atoms with Gasteiger partial charge in [0.1, 0.15) is 0 Å². The molecule has 0 spiro atoms. The molecule has 2 amide bonds. The van der Waals surface area contributed by atoms with Crippen molar-refractivity contribution in [2.24, 2.45) is 0 Å². The highest BCUT2D eigenvalue weighted by atomic mass is 32.2.